The Labute approximate surface area is 285 Å². The van der Waals surface area contributed by atoms with Crippen LogP contribution in [-0.2, 0) is 0 Å². The molecule has 9 rings (SSSR count). The van der Waals surface area contributed by atoms with Gasteiger partial charge in [-0.15, -0.1) is 20.4 Å². The number of hydrogen-bond donors (Lipinski definition) is 0. The predicted octanol–water partition coefficient (Wildman–Crippen LogP) is 8.56. The maximum absolute atomic E-state index is 5.98. The molecule has 4 aromatic carbocycles. The molecule has 0 spiro atoms. The first-order chi connectivity index (χ1) is 24.8. The molecular weight excluding hydrogens is 624 g/mol. The average Bonchev–Trinajstić information content (AvgIpc) is 3.89. The summed E-state index contributed by atoms with van der Waals surface area (Å²) in [6.07, 6.45) is 3.49. The standard InChI is InChI=1S/C40H24N8O2/c1-3-9-27(10-4-1)37-45-47-39(49-37)29-19-15-25(16-20-29)33-35-31(13-7-23-41-35)44-34(36-32(43-33)14-8-24-42-36)26-17-21-30(22-18-26)40-48-46-38(50-40)28-11-5-2-6-12-28/h1-24H/b35-33?,36-34?,43-32?,43-33-,44-31?,44-34-. The number of benzene rings is 4. The molecule has 5 heterocycles. The summed E-state index contributed by atoms with van der Waals surface area (Å²) in [6, 6.07) is 42.6. The number of aromatic nitrogens is 6. The summed E-state index contributed by atoms with van der Waals surface area (Å²) in [5, 5.41) is 17.0. The zero-order valence-corrected chi connectivity index (χ0v) is 26.3. The van der Waals surface area contributed by atoms with Gasteiger partial charge in [-0.1, -0.05) is 60.7 Å². The zero-order chi connectivity index (χ0) is 33.3. The molecule has 4 aromatic heterocycles. The van der Waals surface area contributed by atoms with Crippen LogP contribution < -0.4 is 0 Å². The summed E-state index contributed by atoms with van der Waals surface area (Å²) in [5.74, 6) is 1.79. The molecule has 1 aliphatic heterocycles. The normalized spacial score (nSPS) is 14.3. The smallest absolute Gasteiger partial charge is 0.248 e. The molecule has 0 saturated heterocycles. The number of aliphatic imine (C=N–C) groups is 2. The van der Waals surface area contributed by atoms with E-state index in [9.17, 15) is 0 Å². The molecule has 8 aromatic rings. The van der Waals surface area contributed by atoms with Gasteiger partial charge in [0.15, 0.2) is 0 Å². The van der Waals surface area contributed by atoms with Crippen molar-refractivity contribution in [3.8, 4) is 45.8 Å². The van der Waals surface area contributed by atoms with Crippen molar-refractivity contribution in [3.63, 3.8) is 0 Å². The van der Waals surface area contributed by atoms with Gasteiger partial charge in [-0.25, -0.2) is 9.98 Å². The van der Waals surface area contributed by atoms with Crippen molar-refractivity contribution in [1.82, 2.24) is 30.4 Å². The van der Waals surface area contributed by atoms with Gasteiger partial charge in [0.1, 0.15) is 11.4 Å². The van der Waals surface area contributed by atoms with Crippen LogP contribution >= 0.6 is 0 Å². The van der Waals surface area contributed by atoms with Crippen LogP contribution in [0.5, 0.6) is 0 Å². The van der Waals surface area contributed by atoms with Crippen LogP contribution in [0.25, 0.3) is 45.8 Å². The lowest BCUT2D eigenvalue weighted by atomic mass is 10.00. The van der Waals surface area contributed by atoms with E-state index < -0.39 is 0 Å². The first-order valence-corrected chi connectivity index (χ1v) is 15.8. The second-order valence-electron chi connectivity index (χ2n) is 11.4. The lowest BCUT2D eigenvalue weighted by Gasteiger charge is -2.16. The van der Waals surface area contributed by atoms with Gasteiger partial charge >= 0.3 is 0 Å². The molecule has 0 bridgehead atoms. The molecule has 0 amide bonds. The molecule has 0 N–H and O–H groups in total. The highest BCUT2D eigenvalue weighted by Crippen LogP contribution is 2.33. The molecule has 0 aliphatic carbocycles. The molecule has 0 atom stereocenters. The van der Waals surface area contributed by atoms with E-state index in [-0.39, 0.29) is 0 Å². The largest absolute Gasteiger partial charge is 0.416 e. The first-order valence-electron chi connectivity index (χ1n) is 15.8. The molecule has 0 radical (unpaired) electrons. The Hall–Kier alpha value is -7.20. The highest BCUT2D eigenvalue weighted by Gasteiger charge is 2.22. The summed E-state index contributed by atoms with van der Waals surface area (Å²) in [6.45, 7) is 0. The summed E-state index contributed by atoms with van der Waals surface area (Å²) in [5.41, 5.74) is 8.97. The third kappa shape index (κ3) is 5.46. The van der Waals surface area contributed by atoms with Crippen molar-refractivity contribution in [2.45, 2.75) is 0 Å². The van der Waals surface area contributed by atoms with Crippen LogP contribution in [-0.4, -0.2) is 41.8 Å². The van der Waals surface area contributed by atoms with Gasteiger partial charge in [0, 0.05) is 45.8 Å². The Morgan fingerprint density at radius 2 is 0.660 bits per heavy atom. The quantitative estimate of drug-likeness (QED) is 0.175. The average molecular weight is 649 g/mol. The van der Waals surface area contributed by atoms with Gasteiger partial charge in [-0.05, 0) is 72.8 Å². The van der Waals surface area contributed by atoms with Crippen LogP contribution in [0.4, 0.5) is 11.4 Å². The van der Waals surface area contributed by atoms with Crippen LogP contribution in [0.3, 0.4) is 0 Å². The van der Waals surface area contributed by atoms with Gasteiger partial charge in [-0.2, -0.15) is 0 Å². The van der Waals surface area contributed by atoms with E-state index in [2.05, 4.69) is 20.4 Å². The summed E-state index contributed by atoms with van der Waals surface area (Å²) < 4.78 is 12.0. The SMILES string of the molecule is c1ccc(-c2nnc(-c3ccc(/C4=N/c5cccnc5/C(c5ccc(-c6nnc(-c7ccccc7)o6)cc5)=N\c5cccnc54)cc3)o2)cc1. The number of rotatable bonds is 6. The van der Waals surface area contributed by atoms with Gasteiger partial charge < -0.3 is 8.83 Å². The Bertz CT molecular complexity index is 2340. The van der Waals surface area contributed by atoms with Crippen molar-refractivity contribution >= 4 is 22.8 Å². The Kier molecular flexibility index (Phi) is 7.21. The molecule has 0 fully saturated rings. The minimum Gasteiger partial charge on any atom is -0.416 e. The maximum atomic E-state index is 5.98. The molecule has 236 valence electrons. The summed E-state index contributed by atoms with van der Waals surface area (Å²) >= 11 is 0. The third-order valence-electron chi connectivity index (χ3n) is 8.19. The molecule has 0 unspecified atom stereocenters. The fourth-order valence-corrected chi connectivity index (χ4v) is 5.70. The minimum absolute atomic E-state index is 0.430. The van der Waals surface area contributed by atoms with Crippen molar-refractivity contribution < 1.29 is 8.83 Å². The monoisotopic (exact) mass is 648 g/mol. The third-order valence-corrected chi connectivity index (χ3v) is 8.19. The number of nitrogens with zero attached hydrogens (tertiary/aromatic N) is 8. The topological polar surface area (TPSA) is 128 Å². The lowest BCUT2D eigenvalue weighted by molar-refractivity contribution is 0.584. The van der Waals surface area contributed by atoms with E-state index in [1.54, 1.807) is 12.4 Å². The lowest BCUT2D eigenvalue weighted by Crippen LogP contribution is -2.12. The molecule has 50 heavy (non-hydrogen) atoms. The fraction of sp³-hybridized carbons (Fsp3) is 0. The van der Waals surface area contributed by atoms with E-state index in [0.717, 1.165) is 33.4 Å². The highest BCUT2D eigenvalue weighted by atomic mass is 16.4. The van der Waals surface area contributed by atoms with Gasteiger partial charge in [0.25, 0.3) is 0 Å². The van der Waals surface area contributed by atoms with Gasteiger partial charge in [0.05, 0.1) is 22.8 Å². The summed E-state index contributed by atoms with van der Waals surface area (Å²) in [7, 11) is 0. The Balaban J connectivity index is 1.06. The van der Waals surface area contributed by atoms with Gasteiger partial charge in [-0.3, -0.25) is 9.97 Å². The van der Waals surface area contributed by atoms with Crippen LogP contribution in [0.15, 0.2) is 165 Å². The van der Waals surface area contributed by atoms with E-state index in [0.29, 0.717) is 57.7 Å². The van der Waals surface area contributed by atoms with Crippen molar-refractivity contribution in [2.24, 2.45) is 9.98 Å². The molecule has 1 aliphatic rings. The van der Waals surface area contributed by atoms with Crippen LogP contribution in [0, 0.1) is 0 Å². The fourth-order valence-electron chi connectivity index (χ4n) is 5.70. The molecular formula is C40H24N8O2. The molecule has 0 saturated carbocycles. The van der Waals surface area contributed by atoms with Gasteiger partial charge in [0.2, 0.25) is 23.6 Å². The van der Waals surface area contributed by atoms with E-state index in [1.165, 1.54) is 0 Å². The van der Waals surface area contributed by atoms with Crippen LogP contribution in [0.1, 0.15) is 22.5 Å². The number of pyridine rings is 2. The Morgan fingerprint density at radius 3 is 1.04 bits per heavy atom. The second kappa shape index (κ2) is 12.4. The van der Waals surface area contributed by atoms with E-state index >= 15 is 0 Å². The van der Waals surface area contributed by atoms with Crippen molar-refractivity contribution in [3.05, 3.63) is 168 Å². The van der Waals surface area contributed by atoms with Crippen molar-refractivity contribution in [2.75, 3.05) is 0 Å². The predicted molar refractivity (Wildman–Crippen MR) is 189 cm³/mol. The van der Waals surface area contributed by atoms with E-state index in [1.807, 2.05) is 133 Å². The molecule has 10 nitrogen and oxygen atoms in total. The summed E-state index contributed by atoms with van der Waals surface area (Å²) in [4.78, 5) is 19.8. The second-order valence-corrected chi connectivity index (χ2v) is 11.4. The first kappa shape index (κ1) is 29.0. The maximum Gasteiger partial charge on any atom is 0.248 e. The zero-order valence-electron chi connectivity index (χ0n) is 26.3. The Morgan fingerprint density at radius 1 is 0.320 bits per heavy atom. The number of fused-ring (bicyclic) bond motifs is 2. The molecule has 10 heteroatoms. The van der Waals surface area contributed by atoms with Crippen molar-refractivity contribution in [1.29, 1.82) is 0 Å². The van der Waals surface area contributed by atoms with E-state index in [4.69, 9.17) is 28.8 Å². The highest BCUT2D eigenvalue weighted by molar-refractivity contribution is 6.21. The van der Waals surface area contributed by atoms with Crippen LogP contribution in [0.2, 0.25) is 0 Å². The number of hydrogen-bond acceptors (Lipinski definition) is 10. The minimum atomic E-state index is 0.430.